The fourth-order valence-electron chi connectivity index (χ4n) is 2.72. The molecule has 0 aliphatic rings. The number of nitrogens with one attached hydrogen (secondary N) is 1. The Bertz CT molecular complexity index is 1130. The SMILES string of the molecule is COc1cccc(C(=O)CSc2nnc(N/N=C(\C)c3ccc(OC)c(OC)c3)n2N)c1. The number of Topliss-reactive ketones (excluding diaryl/α,β-unsaturated/α-hetero) is 1. The maximum absolute atomic E-state index is 12.4. The van der Waals surface area contributed by atoms with E-state index < -0.39 is 0 Å². The van der Waals surface area contributed by atoms with E-state index in [0.29, 0.717) is 33.7 Å². The molecule has 3 aromatic rings. The summed E-state index contributed by atoms with van der Waals surface area (Å²) >= 11 is 1.18. The number of thioether (sulfide) groups is 1. The number of ketones is 1. The molecule has 0 unspecified atom stereocenters. The van der Waals surface area contributed by atoms with Crippen molar-refractivity contribution < 1.29 is 19.0 Å². The van der Waals surface area contributed by atoms with E-state index in [9.17, 15) is 4.79 Å². The summed E-state index contributed by atoms with van der Waals surface area (Å²) in [7, 11) is 4.70. The van der Waals surface area contributed by atoms with Gasteiger partial charge in [0, 0.05) is 11.1 Å². The van der Waals surface area contributed by atoms with Gasteiger partial charge in [0.05, 0.1) is 32.8 Å². The molecule has 0 aliphatic carbocycles. The molecule has 0 atom stereocenters. The van der Waals surface area contributed by atoms with E-state index in [1.165, 1.54) is 16.4 Å². The van der Waals surface area contributed by atoms with Crippen molar-refractivity contribution in [3.63, 3.8) is 0 Å². The number of benzene rings is 2. The Hall–Kier alpha value is -3.73. The average Bonchev–Trinajstić information content (AvgIpc) is 3.19. The van der Waals surface area contributed by atoms with Gasteiger partial charge < -0.3 is 20.1 Å². The highest BCUT2D eigenvalue weighted by molar-refractivity contribution is 7.99. The van der Waals surface area contributed by atoms with Crippen molar-refractivity contribution in [1.29, 1.82) is 0 Å². The Labute approximate surface area is 189 Å². The summed E-state index contributed by atoms with van der Waals surface area (Å²) in [6.07, 6.45) is 0. The van der Waals surface area contributed by atoms with E-state index in [1.54, 1.807) is 51.7 Å². The Kier molecular flexibility index (Phi) is 7.55. The molecule has 0 radical (unpaired) electrons. The van der Waals surface area contributed by atoms with Gasteiger partial charge in [-0.1, -0.05) is 23.9 Å². The van der Waals surface area contributed by atoms with Crippen molar-refractivity contribution >= 4 is 29.2 Å². The fraction of sp³-hybridized carbons (Fsp3) is 0.238. The van der Waals surface area contributed by atoms with Gasteiger partial charge >= 0.3 is 0 Å². The molecular formula is C21H24N6O4S. The molecule has 0 saturated heterocycles. The molecule has 2 aromatic carbocycles. The van der Waals surface area contributed by atoms with E-state index in [0.717, 1.165) is 5.56 Å². The van der Waals surface area contributed by atoms with E-state index in [-0.39, 0.29) is 17.5 Å². The largest absolute Gasteiger partial charge is 0.497 e. The summed E-state index contributed by atoms with van der Waals surface area (Å²) in [5.74, 6) is 8.21. The molecular weight excluding hydrogens is 432 g/mol. The number of hydrogen-bond donors (Lipinski definition) is 2. The highest BCUT2D eigenvalue weighted by Gasteiger charge is 2.14. The molecule has 0 bridgehead atoms. The predicted octanol–water partition coefficient (Wildman–Crippen LogP) is 2.83. The number of anilines is 1. The van der Waals surface area contributed by atoms with Crippen LogP contribution in [0, 0.1) is 0 Å². The van der Waals surface area contributed by atoms with E-state index in [4.69, 9.17) is 20.1 Å². The van der Waals surface area contributed by atoms with Gasteiger partial charge in [-0.2, -0.15) is 5.10 Å². The number of carbonyl (C=O) groups is 1. The number of rotatable bonds is 10. The van der Waals surface area contributed by atoms with Gasteiger partial charge in [-0.3, -0.25) is 4.79 Å². The smallest absolute Gasteiger partial charge is 0.264 e. The Morgan fingerprint density at radius 3 is 2.56 bits per heavy atom. The summed E-state index contributed by atoms with van der Waals surface area (Å²) in [6, 6.07) is 12.4. The zero-order valence-electron chi connectivity index (χ0n) is 18.2. The van der Waals surface area contributed by atoms with E-state index in [2.05, 4.69) is 20.7 Å². The molecule has 0 saturated carbocycles. The number of carbonyl (C=O) groups excluding carboxylic acids is 1. The summed E-state index contributed by atoms with van der Waals surface area (Å²) in [4.78, 5) is 12.4. The minimum atomic E-state index is -0.0753. The van der Waals surface area contributed by atoms with Gasteiger partial charge in [-0.25, -0.2) is 10.1 Å². The molecule has 0 amide bonds. The number of ether oxygens (including phenoxy) is 3. The molecule has 0 fully saturated rings. The summed E-state index contributed by atoms with van der Waals surface area (Å²) in [5.41, 5.74) is 4.85. The van der Waals surface area contributed by atoms with Crippen LogP contribution >= 0.6 is 11.8 Å². The number of hydrogen-bond acceptors (Lipinski definition) is 10. The van der Waals surface area contributed by atoms with Gasteiger partial charge in [-0.05, 0) is 37.3 Å². The standard InChI is InChI=1S/C21H24N6O4S/c1-13(14-8-9-18(30-3)19(11-14)31-4)23-24-20-25-26-21(27(20)22)32-12-17(28)15-6-5-7-16(10-15)29-2/h5-11H,12,22H2,1-4H3,(H,24,25)/b23-13+. The lowest BCUT2D eigenvalue weighted by Crippen LogP contribution is -2.14. The summed E-state index contributed by atoms with van der Waals surface area (Å²) < 4.78 is 17.0. The number of nitrogen functional groups attached to an aromatic ring is 1. The average molecular weight is 457 g/mol. The van der Waals surface area contributed by atoms with Gasteiger partial charge in [0.15, 0.2) is 17.3 Å². The van der Waals surface area contributed by atoms with Crippen LogP contribution in [0.5, 0.6) is 17.2 Å². The lowest BCUT2D eigenvalue weighted by molar-refractivity contribution is 0.102. The molecule has 11 heteroatoms. The topological polar surface area (TPSA) is 126 Å². The van der Waals surface area contributed by atoms with E-state index in [1.807, 2.05) is 19.1 Å². The van der Waals surface area contributed by atoms with Crippen molar-refractivity contribution in [2.45, 2.75) is 12.1 Å². The van der Waals surface area contributed by atoms with Gasteiger partial charge in [-0.15, -0.1) is 10.2 Å². The van der Waals surface area contributed by atoms with Crippen LogP contribution in [0.15, 0.2) is 52.7 Å². The molecule has 0 spiro atoms. The molecule has 3 N–H and O–H groups in total. The lowest BCUT2D eigenvalue weighted by Gasteiger charge is -2.09. The lowest BCUT2D eigenvalue weighted by atomic mass is 10.1. The normalized spacial score (nSPS) is 11.2. The van der Waals surface area contributed by atoms with Crippen molar-refractivity contribution in [3.05, 3.63) is 53.6 Å². The van der Waals surface area contributed by atoms with Crippen LogP contribution in [0.3, 0.4) is 0 Å². The first kappa shape index (κ1) is 22.9. The van der Waals surface area contributed by atoms with Crippen LogP contribution in [0.2, 0.25) is 0 Å². The fourth-order valence-corrected chi connectivity index (χ4v) is 3.47. The van der Waals surface area contributed by atoms with Crippen LogP contribution in [-0.2, 0) is 0 Å². The Morgan fingerprint density at radius 1 is 1.06 bits per heavy atom. The molecule has 0 aliphatic heterocycles. The molecule has 10 nitrogen and oxygen atoms in total. The first-order valence-corrected chi connectivity index (χ1v) is 10.5. The van der Waals surface area contributed by atoms with Gasteiger partial charge in [0.2, 0.25) is 5.16 Å². The second-order valence-electron chi connectivity index (χ2n) is 6.50. The zero-order valence-corrected chi connectivity index (χ0v) is 19.0. The first-order valence-electron chi connectivity index (χ1n) is 9.50. The monoisotopic (exact) mass is 456 g/mol. The second kappa shape index (κ2) is 10.5. The number of aromatic nitrogens is 3. The zero-order chi connectivity index (χ0) is 23.1. The number of hydrazone groups is 1. The Balaban J connectivity index is 1.65. The third kappa shape index (κ3) is 5.30. The van der Waals surface area contributed by atoms with Crippen molar-refractivity contribution in [1.82, 2.24) is 14.9 Å². The number of nitrogens with zero attached hydrogens (tertiary/aromatic N) is 4. The summed E-state index contributed by atoms with van der Waals surface area (Å²) in [5, 5.41) is 12.7. The molecule has 3 rings (SSSR count). The maximum atomic E-state index is 12.4. The third-order valence-electron chi connectivity index (χ3n) is 4.51. The highest BCUT2D eigenvalue weighted by atomic mass is 32.2. The molecule has 1 aromatic heterocycles. The van der Waals surface area contributed by atoms with Crippen molar-refractivity contribution in [3.8, 4) is 17.2 Å². The highest BCUT2D eigenvalue weighted by Crippen LogP contribution is 2.28. The van der Waals surface area contributed by atoms with Crippen LogP contribution in [0.25, 0.3) is 0 Å². The second-order valence-corrected chi connectivity index (χ2v) is 7.44. The van der Waals surface area contributed by atoms with Crippen LogP contribution < -0.4 is 25.5 Å². The Morgan fingerprint density at radius 2 is 1.84 bits per heavy atom. The van der Waals surface area contributed by atoms with Crippen LogP contribution in [-0.4, -0.2) is 53.5 Å². The minimum Gasteiger partial charge on any atom is -0.497 e. The minimum absolute atomic E-state index is 0.0753. The maximum Gasteiger partial charge on any atom is 0.264 e. The number of methoxy groups -OCH3 is 3. The quantitative estimate of drug-likeness (QED) is 0.156. The molecule has 32 heavy (non-hydrogen) atoms. The van der Waals surface area contributed by atoms with Crippen molar-refractivity contribution in [2.75, 3.05) is 38.4 Å². The van der Waals surface area contributed by atoms with Crippen LogP contribution in [0.4, 0.5) is 5.95 Å². The van der Waals surface area contributed by atoms with Crippen molar-refractivity contribution in [2.24, 2.45) is 5.10 Å². The molecule has 168 valence electrons. The molecule has 1 heterocycles. The summed E-state index contributed by atoms with van der Waals surface area (Å²) in [6.45, 7) is 1.83. The van der Waals surface area contributed by atoms with Gasteiger partial charge in [0.1, 0.15) is 5.75 Å². The first-order chi connectivity index (χ1) is 15.5. The third-order valence-corrected chi connectivity index (χ3v) is 5.46. The predicted molar refractivity (Wildman–Crippen MR) is 124 cm³/mol. The van der Waals surface area contributed by atoms with Crippen LogP contribution in [0.1, 0.15) is 22.8 Å². The van der Waals surface area contributed by atoms with E-state index >= 15 is 0 Å². The number of nitrogens with two attached hydrogens (primary N) is 1. The van der Waals surface area contributed by atoms with Gasteiger partial charge in [0.25, 0.3) is 5.95 Å².